The van der Waals surface area contributed by atoms with E-state index in [-0.39, 0.29) is 17.7 Å². The van der Waals surface area contributed by atoms with Gasteiger partial charge in [-0.25, -0.2) is 0 Å². The number of rotatable bonds is 8. The summed E-state index contributed by atoms with van der Waals surface area (Å²) in [4.78, 5) is 22.1. The molecule has 1 saturated carbocycles. The maximum atomic E-state index is 11.7. The number of hydrogen-bond donors (Lipinski definition) is 2. The van der Waals surface area contributed by atoms with Gasteiger partial charge in [0.05, 0.1) is 0 Å². The standard InChI is InChI=1S/C16H21NO3/c18-14(8-4-5-9-15(19)20)17-12-16(10-11-16)13-6-2-1-3-7-13/h1-3,6-7H,4-5,8-12H2,(H,17,18)(H,19,20). The second-order valence-electron chi connectivity index (χ2n) is 5.52. The van der Waals surface area contributed by atoms with Crippen LogP contribution in [0.5, 0.6) is 0 Å². The second-order valence-corrected chi connectivity index (χ2v) is 5.52. The molecule has 4 nitrogen and oxygen atoms in total. The van der Waals surface area contributed by atoms with Gasteiger partial charge in [0.15, 0.2) is 0 Å². The van der Waals surface area contributed by atoms with Gasteiger partial charge in [0.1, 0.15) is 0 Å². The van der Waals surface area contributed by atoms with Crippen LogP contribution in [-0.4, -0.2) is 23.5 Å². The fraction of sp³-hybridized carbons (Fsp3) is 0.500. The highest BCUT2D eigenvalue weighted by Crippen LogP contribution is 2.47. The minimum absolute atomic E-state index is 0.0256. The molecule has 1 aromatic carbocycles. The molecular formula is C16H21NO3. The quantitative estimate of drug-likeness (QED) is 0.716. The Labute approximate surface area is 119 Å². The molecule has 1 aliphatic rings. The van der Waals surface area contributed by atoms with E-state index >= 15 is 0 Å². The molecule has 1 fully saturated rings. The zero-order valence-electron chi connectivity index (χ0n) is 11.6. The first-order valence-electron chi connectivity index (χ1n) is 7.16. The summed E-state index contributed by atoms with van der Waals surface area (Å²) in [6.45, 7) is 0.689. The molecule has 0 bridgehead atoms. The van der Waals surface area contributed by atoms with Gasteiger partial charge < -0.3 is 10.4 Å². The van der Waals surface area contributed by atoms with Crippen LogP contribution in [0.4, 0.5) is 0 Å². The summed E-state index contributed by atoms with van der Waals surface area (Å²) in [6, 6.07) is 10.3. The number of carbonyl (C=O) groups excluding carboxylic acids is 1. The predicted molar refractivity (Wildman–Crippen MR) is 76.5 cm³/mol. The Hall–Kier alpha value is -1.84. The molecule has 1 amide bonds. The number of aliphatic carboxylic acids is 1. The van der Waals surface area contributed by atoms with Crippen LogP contribution in [0, 0.1) is 0 Å². The fourth-order valence-electron chi connectivity index (χ4n) is 2.43. The smallest absolute Gasteiger partial charge is 0.303 e. The third kappa shape index (κ3) is 4.08. The van der Waals surface area contributed by atoms with E-state index in [4.69, 9.17) is 5.11 Å². The van der Waals surface area contributed by atoms with Crippen molar-refractivity contribution in [2.45, 2.75) is 43.9 Å². The molecule has 1 aromatic rings. The van der Waals surface area contributed by atoms with E-state index in [1.807, 2.05) is 18.2 Å². The van der Waals surface area contributed by atoms with Crippen molar-refractivity contribution in [3.05, 3.63) is 35.9 Å². The Morgan fingerprint density at radius 2 is 1.75 bits per heavy atom. The molecule has 0 unspecified atom stereocenters. The number of benzene rings is 1. The van der Waals surface area contributed by atoms with E-state index in [0.717, 1.165) is 12.8 Å². The summed E-state index contributed by atoms with van der Waals surface area (Å²) in [5, 5.41) is 11.5. The Bertz CT molecular complexity index is 466. The zero-order valence-corrected chi connectivity index (χ0v) is 11.6. The van der Waals surface area contributed by atoms with Crippen LogP contribution in [0.15, 0.2) is 30.3 Å². The molecule has 0 atom stereocenters. The SMILES string of the molecule is O=C(O)CCCCC(=O)NCC1(c2ccccc2)CC1. The van der Waals surface area contributed by atoms with Crippen molar-refractivity contribution in [3.8, 4) is 0 Å². The van der Waals surface area contributed by atoms with Crippen molar-refractivity contribution in [2.24, 2.45) is 0 Å². The maximum absolute atomic E-state index is 11.7. The van der Waals surface area contributed by atoms with E-state index in [9.17, 15) is 9.59 Å². The van der Waals surface area contributed by atoms with E-state index in [1.165, 1.54) is 5.56 Å². The first-order valence-corrected chi connectivity index (χ1v) is 7.16. The highest BCUT2D eigenvalue weighted by atomic mass is 16.4. The molecule has 0 spiro atoms. The van der Waals surface area contributed by atoms with Crippen LogP contribution in [0.25, 0.3) is 0 Å². The fourth-order valence-corrected chi connectivity index (χ4v) is 2.43. The van der Waals surface area contributed by atoms with Gasteiger partial charge in [0, 0.05) is 24.8 Å². The monoisotopic (exact) mass is 275 g/mol. The first-order chi connectivity index (χ1) is 9.62. The zero-order chi connectivity index (χ0) is 14.4. The van der Waals surface area contributed by atoms with Crippen LogP contribution in [0.3, 0.4) is 0 Å². The van der Waals surface area contributed by atoms with Gasteiger partial charge in [-0.1, -0.05) is 30.3 Å². The molecule has 4 heteroatoms. The lowest BCUT2D eigenvalue weighted by Gasteiger charge is -2.16. The lowest BCUT2D eigenvalue weighted by Crippen LogP contribution is -2.32. The van der Waals surface area contributed by atoms with Crippen molar-refractivity contribution in [1.82, 2.24) is 5.32 Å². The average molecular weight is 275 g/mol. The van der Waals surface area contributed by atoms with E-state index in [2.05, 4.69) is 17.4 Å². The molecular weight excluding hydrogens is 254 g/mol. The van der Waals surface area contributed by atoms with Gasteiger partial charge in [0.2, 0.25) is 5.91 Å². The Kier molecular flexibility index (Phi) is 4.77. The summed E-state index contributed by atoms with van der Waals surface area (Å²) < 4.78 is 0. The van der Waals surface area contributed by atoms with Crippen LogP contribution >= 0.6 is 0 Å². The molecule has 20 heavy (non-hydrogen) atoms. The number of carbonyl (C=O) groups is 2. The number of unbranched alkanes of at least 4 members (excludes halogenated alkanes) is 1. The molecule has 1 aliphatic carbocycles. The number of nitrogens with one attached hydrogen (secondary N) is 1. The number of hydrogen-bond acceptors (Lipinski definition) is 2. The van der Waals surface area contributed by atoms with Gasteiger partial charge in [-0.05, 0) is 31.2 Å². The highest BCUT2D eigenvalue weighted by Gasteiger charge is 2.44. The Balaban J connectivity index is 1.70. The van der Waals surface area contributed by atoms with Crippen LogP contribution in [0.1, 0.15) is 44.1 Å². The Morgan fingerprint density at radius 1 is 1.10 bits per heavy atom. The first kappa shape index (κ1) is 14.6. The van der Waals surface area contributed by atoms with E-state index in [1.54, 1.807) is 0 Å². The molecule has 108 valence electrons. The normalized spacial score (nSPS) is 15.6. The van der Waals surface area contributed by atoms with Gasteiger partial charge in [0.25, 0.3) is 0 Å². The van der Waals surface area contributed by atoms with E-state index < -0.39 is 5.97 Å². The molecule has 0 saturated heterocycles. The van der Waals surface area contributed by atoms with Gasteiger partial charge in [-0.3, -0.25) is 9.59 Å². The van der Waals surface area contributed by atoms with Gasteiger partial charge in [-0.2, -0.15) is 0 Å². The molecule has 2 rings (SSSR count). The largest absolute Gasteiger partial charge is 0.481 e. The molecule has 0 aromatic heterocycles. The second kappa shape index (κ2) is 6.55. The summed E-state index contributed by atoms with van der Waals surface area (Å²) in [6.07, 6.45) is 4.00. The third-order valence-electron chi connectivity index (χ3n) is 3.91. The summed E-state index contributed by atoms with van der Waals surface area (Å²) in [7, 11) is 0. The summed E-state index contributed by atoms with van der Waals surface area (Å²) in [5.74, 6) is -0.774. The lowest BCUT2D eigenvalue weighted by atomic mass is 9.96. The average Bonchev–Trinajstić information content (AvgIpc) is 3.23. The van der Waals surface area contributed by atoms with Crippen LogP contribution in [0.2, 0.25) is 0 Å². The van der Waals surface area contributed by atoms with E-state index in [0.29, 0.717) is 25.8 Å². The van der Waals surface area contributed by atoms with Crippen molar-refractivity contribution in [3.63, 3.8) is 0 Å². The lowest BCUT2D eigenvalue weighted by molar-refractivity contribution is -0.137. The summed E-state index contributed by atoms with van der Waals surface area (Å²) in [5.41, 5.74) is 1.43. The topological polar surface area (TPSA) is 66.4 Å². The van der Waals surface area contributed by atoms with Gasteiger partial charge >= 0.3 is 5.97 Å². The minimum atomic E-state index is -0.800. The highest BCUT2D eigenvalue weighted by molar-refractivity contribution is 5.76. The minimum Gasteiger partial charge on any atom is -0.481 e. The molecule has 2 N–H and O–H groups in total. The maximum Gasteiger partial charge on any atom is 0.303 e. The number of carboxylic acids is 1. The van der Waals surface area contributed by atoms with Gasteiger partial charge in [-0.15, -0.1) is 0 Å². The van der Waals surface area contributed by atoms with Crippen molar-refractivity contribution < 1.29 is 14.7 Å². The number of carboxylic acid groups (broad SMARTS) is 1. The summed E-state index contributed by atoms with van der Waals surface area (Å²) >= 11 is 0. The Morgan fingerprint density at radius 3 is 2.35 bits per heavy atom. The third-order valence-corrected chi connectivity index (χ3v) is 3.91. The van der Waals surface area contributed by atoms with Crippen molar-refractivity contribution in [1.29, 1.82) is 0 Å². The molecule has 0 heterocycles. The van der Waals surface area contributed by atoms with Crippen molar-refractivity contribution >= 4 is 11.9 Å². The predicted octanol–water partition coefficient (Wildman–Crippen LogP) is 2.48. The molecule has 0 radical (unpaired) electrons. The van der Waals surface area contributed by atoms with Crippen LogP contribution < -0.4 is 5.32 Å². The number of amides is 1. The van der Waals surface area contributed by atoms with Crippen molar-refractivity contribution in [2.75, 3.05) is 6.54 Å². The van der Waals surface area contributed by atoms with Crippen LogP contribution in [-0.2, 0) is 15.0 Å². The molecule has 0 aliphatic heterocycles.